The van der Waals surface area contributed by atoms with Crippen molar-refractivity contribution in [2.75, 3.05) is 32.4 Å². The Balaban J connectivity index is 0.000000517. The standard InChI is InChI=1S/C27H34N4O3S.C2HF3O2/c1-3-35(33,34)31-12-9-18(10-13-31)24-17-29-26-22(24)15-21(16-23(26)27(28)32)19-6-4-7-20(14-19)25-8-5-11-30(25)2;3-2(4,5)1(6)7/h4,6-7,14-18,25,29H,3,5,8-13H2,1-2H3,(H2,28,32);(H,6,7). The van der Waals surface area contributed by atoms with Crippen molar-refractivity contribution in [1.29, 1.82) is 0 Å². The Kier molecular flexibility index (Phi) is 9.33. The summed E-state index contributed by atoms with van der Waals surface area (Å²) in [5.74, 6) is -2.86. The number of amides is 1. The number of halogens is 3. The Labute approximate surface area is 242 Å². The first-order valence-corrected chi connectivity index (χ1v) is 15.4. The number of rotatable bonds is 6. The molecular formula is C29H35F3N4O5S. The smallest absolute Gasteiger partial charge is 0.475 e. The van der Waals surface area contributed by atoms with Crippen molar-refractivity contribution in [1.82, 2.24) is 14.2 Å². The molecule has 3 heterocycles. The van der Waals surface area contributed by atoms with Crippen LogP contribution in [0.15, 0.2) is 42.6 Å². The zero-order chi connectivity index (χ0) is 30.8. The van der Waals surface area contributed by atoms with Gasteiger partial charge in [-0.15, -0.1) is 0 Å². The van der Waals surface area contributed by atoms with E-state index in [0.717, 1.165) is 53.4 Å². The van der Waals surface area contributed by atoms with Gasteiger partial charge >= 0.3 is 12.1 Å². The van der Waals surface area contributed by atoms with Gasteiger partial charge in [-0.1, -0.05) is 18.2 Å². The van der Waals surface area contributed by atoms with Crippen LogP contribution in [0.2, 0.25) is 0 Å². The zero-order valence-corrected chi connectivity index (χ0v) is 24.3. The Hall–Kier alpha value is -3.42. The van der Waals surface area contributed by atoms with Gasteiger partial charge in [0.25, 0.3) is 5.91 Å². The third-order valence-electron chi connectivity index (χ3n) is 8.11. The van der Waals surface area contributed by atoms with Crippen LogP contribution in [0.25, 0.3) is 22.0 Å². The first kappa shape index (κ1) is 31.5. The minimum absolute atomic E-state index is 0.131. The summed E-state index contributed by atoms with van der Waals surface area (Å²) in [5, 5.41) is 8.12. The van der Waals surface area contributed by atoms with Crippen molar-refractivity contribution >= 4 is 32.8 Å². The lowest BCUT2D eigenvalue weighted by Crippen LogP contribution is -2.38. The molecule has 1 aromatic heterocycles. The van der Waals surface area contributed by atoms with E-state index in [4.69, 9.17) is 15.6 Å². The number of carboxylic acids is 1. The normalized spacial score (nSPS) is 19.0. The predicted octanol–water partition coefficient (Wildman–Crippen LogP) is 4.86. The van der Waals surface area contributed by atoms with Crippen LogP contribution in [0.3, 0.4) is 0 Å². The molecule has 0 bridgehead atoms. The third kappa shape index (κ3) is 6.79. The number of hydrogen-bond donors (Lipinski definition) is 3. The molecule has 1 amide bonds. The molecule has 0 saturated carbocycles. The lowest BCUT2D eigenvalue weighted by molar-refractivity contribution is -0.192. The molecule has 9 nitrogen and oxygen atoms in total. The number of H-pyrrole nitrogens is 1. The highest BCUT2D eigenvalue weighted by molar-refractivity contribution is 7.89. The number of fused-ring (bicyclic) bond motifs is 1. The number of likely N-dealkylation sites (tertiary alicyclic amines) is 1. The number of alkyl halides is 3. The molecule has 42 heavy (non-hydrogen) atoms. The van der Waals surface area contributed by atoms with Gasteiger partial charge < -0.3 is 15.8 Å². The highest BCUT2D eigenvalue weighted by atomic mass is 32.2. The Morgan fingerprint density at radius 2 is 1.74 bits per heavy atom. The van der Waals surface area contributed by atoms with Gasteiger partial charge in [0.15, 0.2) is 0 Å². The molecule has 13 heteroatoms. The quantitative estimate of drug-likeness (QED) is 0.366. The molecule has 2 aliphatic rings. The number of carbonyl (C=O) groups excluding carboxylic acids is 1. The van der Waals surface area contributed by atoms with Crippen molar-refractivity contribution in [3.05, 3.63) is 59.3 Å². The highest BCUT2D eigenvalue weighted by Crippen LogP contribution is 2.38. The van der Waals surface area contributed by atoms with Crippen LogP contribution < -0.4 is 5.73 Å². The van der Waals surface area contributed by atoms with Gasteiger partial charge in [0.05, 0.1) is 16.8 Å². The summed E-state index contributed by atoms with van der Waals surface area (Å²) in [6.07, 6.45) is 0.755. The largest absolute Gasteiger partial charge is 0.490 e. The monoisotopic (exact) mass is 608 g/mol. The molecule has 2 fully saturated rings. The molecule has 0 aliphatic carbocycles. The molecule has 1 atom stereocenters. The van der Waals surface area contributed by atoms with Crippen LogP contribution in [-0.4, -0.2) is 78.2 Å². The molecule has 2 aromatic carbocycles. The number of piperidine rings is 1. The SMILES string of the molecule is CCS(=O)(=O)N1CCC(c2c[nH]c3c(C(N)=O)cc(-c4cccc(C5CCCN5C)c4)cc23)CC1.O=C(O)C(F)(F)F. The van der Waals surface area contributed by atoms with Crippen molar-refractivity contribution in [2.45, 2.75) is 50.7 Å². The van der Waals surface area contributed by atoms with E-state index in [1.54, 1.807) is 11.2 Å². The van der Waals surface area contributed by atoms with Gasteiger partial charge in [0, 0.05) is 30.7 Å². The van der Waals surface area contributed by atoms with Gasteiger partial charge in [-0.25, -0.2) is 17.5 Å². The van der Waals surface area contributed by atoms with Crippen molar-refractivity contribution in [2.24, 2.45) is 5.73 Å². The molecule has 0 radical (unpaired) electrons. The van der Waals surface area contributed by atoms with E-state index in [0.29, 0.717) is 24.7 Å². The number of benzene rings is 2. The lowest BCUT2D eigenvalue weighted by atomic mass is 9.88. The molecule has 2 saturated heterocycles. The summed E-state index contributed by atoms with van der Waals surface area (Å²) >= 11 is 0. The van der Waals surface area contributed by atoms with Gasteiger partial charge in [-0.2, -0.15) is 13.2 Å². The lowest BCUT2D eigenvalue weighted by Gasteiger charge is -2.31. The summed E-state index contributed by atoms with van der Waals surface area (Å²) in [5.41, 5.74) is 11.5. The fourth-order valence-electron chi connectivity index (χ4n) is 5.84. The first-order valence-electron chi connectivity index (χ1n) is 13.8. The van der Waals surface area contributed by atoms with Crippen molar-refractivity contribution in [3.63, 3.8) is 0 Å². The minimum Gasteiger partial charge on any atom is -0.475 e. The second-order valence-electron chi connectivity index (χ2n) is 10.7. The van der Waals surface area contributed by atoms with Crippen LogP contribution in [-0.2, 0) is 14.8 Å². The van der Waals surface area contributed by atoms with E-state index in [9.17, 15) is 26.4 Å². The maximum absolute atomic E-state index is 12.4. The number of carbonyl (C=O) groups is 2. The predicted molar refractivity (Wildman–Crippen MR) is 154 cm³/mol. The van der Waals surface area contributed by atoms with Crippen molar-refractivity contribution < 1.29 is 36.3 Å². The molecule has 2 aliphatic heterocycles. The fraction of sp³-hybridized carbons (Fsp3) is 0.448. The first-order chi connectivity index (χ1) is 19.7. The number of aromatic nitrogens is 1. The Morgan fingerprint density at radius 1 is 1.07 bits per heavy atom. The number of nitrogens with two attached hydrogens (primary N) is 1. The average molecular weight is 609 g/mol. The zero-order valence-electron chi connectivity index (χ0n) is 23.4. The molecule has 5 rings (SSSR count). The number of hydrogen-bond acceptors (Lipinski definition) is 5. The van der Waals surface area contributed by atoms with Crippen LogP contribution >= 0.6 is 0 Å². The van der Waals surface area contributed by atoms with E-state index < -0.39 is 28.1 Å². The molecule has 4 N–H and O–H groups in total. The fourth-order valence-corrected chi connectivity index (χ4v) is 6.97. The van der Waals surface area contributed by atoms with E-state index in [1.807, 2.05) is 12.3 Å². The van der Waals surface area contributed by atoms with Crippen LogP contribution in [0, 0.1) is 0 Å². The molecular weight excluding hydrogens is 573 g/mol. The van der Waals surface area contributed by atoms with Gasteiger partial charge in [0.1, 0.15) is 0 Å². The Morgan fingerprint density at radius 3 is 2.29 bits per heavy atom. The third-order valence-corrected chi connectivity index (χ3v) is 9.99. The Bertz CT molecular complexity index is 1560. The number of nitrogens with one attached hydrogen (secondary N) is 1. The van der Waals surface area contributed by atoms with E-state index in [1.165, 1.54) is 12.0 Å². The van der Waals surface area contributed by atoms with Gasteiger partial charge in [0.2, 0.25) is 10.0 Å². The summed E-state index contributed by atoms with van der Waals surface area (Å²) < 4.78 is 57.9. The molecule has 1 unspecified atom stereocenters. The van der Waals surface area contributed by atoms with E-state index in [-0.39, 0.29) is 11.7 Å². The maximum Gasteiger partial charge on any atom is 0.490 e. The second-order valence-corrected chi connectivity index (χ2v) is 13.0. The summed E-state index contributed by atoms with van der Waals surface area (Å²) in [6, 6.07) is 13.1. The molecule has 0 spiro atoms. The molecule has 3 aromatic rings. The number of nitrogens with zero attached hydrogens (tertiary/aromatic N) is 2. The van der Waals surface area contributed by atoms with Gasteiger partial charge in [-0.05, 0) is 92.6 Å². The molecule has 228 valence electrons. The highest BCUT2D eigenvalue weighted by Gasteiger charge is 2.38. The number of sulfonamides is 1. The van der Waals surface area contributed by atoms with E-state index >= 15 is 0 Å². The summed E-state index contributed by atoms with van der Waals surface area (Å²) in [7, 11) is -1.000. The summed E-state index contributed by atoms with van der Waals surface area (Å²) in [6.45, 7) is 3.84. The number of carboxylic acid groups (broad SMARTS) is 1. The number of primary amides is 1. The van der Waals surface area contributed by atoms with Crippen molar-refractivity contribution in [3.8, 4) is 11.1 Å². The average Bonchev–Trinajstić information content (AvgIpc) is 3.58. The minimum atomic E-state index is -5.08. The topological polar surface area (TPSA) is 137 Å². The van der Waals surface area contributed by atoms with Crippen LogP contribution in [0.1, 0.15) is 66.1 Å². The number of aromatic amines is 1. The summed E-state index contributed by atoms with van der Waals surface area (Å²) in [4.78, 5) is 27.0. The second kappa shape index (κ2) is 12.4. The van der Waals surface area contributed by atoms with Crippen LogP contribution in [0.5, 0.6) is 0 Å². The maximum atomic E-state index is 12.4. The van der Waals surface area contributed by atoms with Gasteiger partial charge in [-0.3, -0.25) is 9.69 Å². The van der Waals surface area contributed by atoms with E-state index in [2.05, 4.69) is 47.3 Å². The number of aliphatic carboxylic acids is 1. The van der Waals surface area contributed by atoms with Crippen LogP contribution in [0.4, 0.5) is 13.2 Å².